The molecule has 0 radical (unpaired) electrons. The molecule has 1 rings (SSSR count). The third-order valence-electron chi connectivity index (χ3n) is 3.27. The van der Waals surface area contributed by atoms with Crippen molar-refractivity contribution in [3.05, 3.63) is 47.0 Å². The molecule has 0 aliphatic heterocycles. The number of benzene rings is 1. The minimum atomic E-state index is 0.395. The Morgan fingerprint density at radius 3 is 2.50 bits per heavy atom. The topological polar surface area (TPSA) is 12.0 Å². The van der Waals surface area contributed by atoms with Crippen LogP contribution in [-0.4, -0.2) is 7.05 Å². The molecule has 1 aromatic rings. The summed E-state index contributed by atoms with van der Waals surface area (Å²) in [6.45, 7) is 10.6. The van der Waals surface area contributed by atoms with E-state index in [1.165, 1.54) is 22.3 Å². The zero-order valence-corrected chi connectivity index (χ0v) is 10.9. The molecule has 0 fully saturated rings. The molecule has 0 spiro atoms. The van der Waals surface area contributed by atoms with Gasteiger partial charge in [-0.1, -0.05) is 37.3 Å². The van der Waals surface area contributed by atoms with Gasteiger partial charge in [-0.15, -0.1) is 0 Å². The monoisotopic (exact) mass is 217 g/mol. The van der Waals surface area contributed by atoms with Gasteiger partial charge in [0, 0.05) is 6.04 Å². The Hall–Kier alpha value is -1.08. The van der Waals surface area contributed by atoms with E-state index >= 15 is 0 Å². The van der Waals surface area contributed by atoms with E-state index in [9.17, 15) is 0 Å². The van der Waals surface area contributed by atoms with Gasteiger partial charge in [-0.25, -0.2) is 0 Å². The average Bonchev–Trinajstić information content (AvgIpc) is 2.29. The maximum absolute atomic E-state index is 4.09. The van der Waals surface area contributed by atoms with E-state index in [0.717, 1.165) is 12.8 Å². The zero-order valence-electron chi connectivity index (χ0n) is 10.9. The summed E-state index contributed by atoms with van der Waals surface area (Å²) in [5.41, 5.74) is 5.38. The summed E-state index contributed by atoms with van der Waals surface area (Å²) in [5.74, 6) is 0. The second-order valence-electron chi connectivity index (χ2n) is 4.49. The predicted molar refractivity (Wildman–Crippen MR) is 71.8 cm³/mol. The molecule has 0 saturated carbocycles. The fraction of sp³-hybridized carbons (Fsp3) is 0.467. The molecule has 1 N–H and O–H groups in total. The largest absolute Gasteiger partial charge is 0.313 e. The van der Waals surface area contributed by atoms with E-state index in [1.807, 2.05) is 7.05 Å². The van der Waals surface area contributed by atoms with Crippen LogP contribution in [0.1, 0.15) is 42.5 Å². The van der Waals surface area contributed by atoms with Gasteiger partial charge in [0.15, 0.2) is 0 Å². The highest BCUT2D eigenvalue weighted by Crippen LogP contribution is 2.23. The highest BCUT2D eigenvalue weighted by Gasteiger charge is 2.10. The lowest BCUT2D eigenvalue weighted by Crippen LogP contribution is -2.17. The first-order valence-corrected chi connectivity index (χ1v) is 5.99. The molecule has 1 aromatic carbocycles. The van der Waals surface area contributed by atoms with Crippen LogP contribution in [0.2, 0.25) is 0 Å². The smallest absolute Gasteiger partial charge is 0.0355 e. The Morgan fingerprint density at radius 1 is 1.31 bits per heavy atom. The molecule has 16 heavy (non-hydrogen) atoms. The van der Waals surface area contributed by atoms with Gasteiger partial charge < -0.3 is 5.32 Å². The molecule has 0 amide bonds. The van der Waals surface area contributed by atoms with Crippen molar-refractivity contribution in [2.45, 2.75) is 39.7 Å². The third-order valence-corrected chi connectivity index (χ3v) is 3.27. The molecule has 0 aromatic heterocycles. The molecule has 1 heteroatoms. The van der Waals surface area contributed by atoms with Crippen molar-refractivity contribution in [1.29, 1.82) is 0 Å². The zero-order chi connectivity index (χ0) is 12.1. The number of aryl methyl sites for hydroxylation is 2. The van der Waals surface area contributed by atoms with Gasteiger partial charge in [0.1, 0.15) is 0 Å². The third kappa shape index (κ3) is 3.21. The van der Waals surface area contributed by atoms with E-state index in [-0.39, 0.29) is 0 Å². The van der Waals surface area contributed by atoms with Crippen LogP contribution in [0.3, 0.4) is 0 Å². The van der Waals surface area contributed by atoms with Gasteiger partial charge in [-0.05, 0) is 50.4 Å². The molecule has 0 aliphatic carbocycles. The van der Waals surface area contributed by atoms with Gasteiger partial charge in [0.25, 0.3) is 0 Å². The second kappa shape index (κ2) is 5.86. The van der Waals surface area contributed by atoms with Crippen LogP contribution < -0.4 is 5.32 Å². The number of nitrogens with one attached hydrogen (secondary N) is 1. The minimum Gasteiger partial charge on any atom is -0.313 e. The molecule has 0 heterocycles. The van der Waals surface area contributed by atoms with Crippen molar-refractivity contribution in [2.24, 2.45) is 0 Å². The highest BCUT2D eigenvalue weighted by molar-refractivity contribution is 5.32. The molecule has 88 valence electrons. The number of rotatable bonds is 5. The molecule has 1 unspecified atom stereocenters. The normalized spacial score (nSPS) is 12.5. The van der Waals surface area contributed by atoms with Crippen molar-refractivity contribution in [2.75, 3.05) is 7.05 Å². The standard InChI is InChI=1S/C15H23N/c1-6-11(2)9-15(16-5)14-8-7-12(3)13(4)10-14/h7-8,10,15-16H,2,6,9H2,1,3-5H3. The van der Waals surface area contributed by atoms with Crippen LogP contribution in [-0.2, 0) is 0 Å². The van der Waals surface area contributed by atoms with Crippen LogP contribution >= 0.6 is 0 Å². The van der Waals surface area contributed by atoms with Crippen LogP contribution in [0, 0.1) is 13.8 Å². The van der Waals surface area contributed by atoms with Crippen molar-refractivity contribution in [1.82, 2.24) is 5.32 Å². The van der Waals surface area contributed by atoms with Crippen LogP contribution in [0.5, 0.6) is 0 Å². The van der Waals surface area contributed by atoms with E-state index in [4.69, 9.17) is 0 Å². The maximum atomic E-state index is 4.09. The first kappa shape index (κ1) is 13.0. The van der Waals surface area contributed by atoms with Crippen LogP contribution in [0.15, 0.2) is 30.4 Å². The Balaban J connectivity index is 2.86. The van der Waals surface area contributed by atoms with Crippen molar-refractivity contribution in [3.8, 4) is 0 Å². The molecular weight excluding hydrogens is 194 g/mol. The SMILES string of the molecule is C=C(CC)CC(NC)c1ccc(C)c(C)c1. The minimum absolute atomic E-state index is 0.395. The quantitative estimate of drug-likeness (QED) is 0.737. The number of hydrogen-bond donors (Lipinski definition) is 1. The second-order valence-corrected chi connectivity index (χ2v) is 4.49. The van der Waals surface area contributed by atoms with Crippen molar-refractivity contribution in [3.63, 3.8) is 0 Å². The predicted octanol–water partition coefficient (Wildman–Crippen LogP) is 3.92. The lowest BCUT2D eigenvalue weighted by atomic mass is 9.96. The fourth-order valence-corrected chi connectivity index (χ4v) is 1.80. The van der Waals surface area contributed by atoms with E-state index in [2.05, 4.69) is 50.9 Å². The summed E-state index contributed by atoms with van der Waals surface area (Å²) in [7, 11) is 2.02. The first-order valence-electron chi connectivity index (χ1n) is 5.99. The van der Waals surface area contributed by atoms with Crippen LogP contribution in [0.4, 0.5) is 0 Å². The summed E-state index contributed by atoms with van der Waals surface area (Å²) < 4.78 is 0. The van der Waals surface area contributed by atoms with E-state index in [1.54, 1.807) is 0 Å². The van der Waals surface area contributed by atoms with Gasteiger partial charge >= 0.3 is 0 Å². The lowest BCUT2D eigenvalue weighted by molar-refractivity contribution is 0.582. The summed E-state index contributed by atoms with van der Waals surface area (Å²) >= 11 is 0. The van der Waals surface area contributed by atoms with Gasteiger partial charge in [0.05, 0.1) is 0 Å². The highest BCUT2D eigenvalue weighted by atomic mass is 14.9. The molecular formula is C15H23N. The van der Waals surface area contributed by atoms with Gasteiger partial charge in [-0.2, -0.15) is 0 Å². The lowest BCUT2D eigenvalue weighted by Gasteiger charge is -2.18. The van der Waals surface area contributed by atoms with Crippen molar-refractivity contribution >= 4 is 0 Å². The Kier molecular flexibility index (Phi) is 4.75. The fourth-order valence-electron chi connectivity index (χ4n) is 1.80. The summed E-state index contributed by atoms with van der Waals surface area (Å²) in [6.07, 6.45) is 2.08. The Bertz CT molecular complexity index is 366. The van der Waals surface area contributed by atoms with E-state index in [0.29, 0.717) is 6.04 Å². The Labute approximate surface area is 99.6 Å². The Morgan fingerprint density at radius 2 is 2.00 bits per heavy atom. The molecule has 0 bridgehead atoms. The molecule has 0 aliphatic rings. The van der Waals surface area contributed by atoms with Crippen molar-refractivity contribution < 1.29 is 0 Å². The van der Waals surface area contributed by atoms with E-state index < -0.39 is 0 Å². The maximum Gasteiger partial charge on any atom is 0.0355 e. The summed E-state index contributed by atoms with van der Waals surface area (Å²) in [5, 5.41) is 3.37. The average molecular weight is 217 g/mol. The van der Waals surface area contributed by atoms with Gasteiger partial charge in [-0.3, -0.25) is 0 Å². The molecule has 1 atom stereocenters. The van der Waals surface area contributed by atoms with Gasteiger partial charge in [0.2, 0.25) is 0 Å². The first-order chi connectivity index (χ1) is 7.58. The summed E-state index contributed by atoms with van der Waals surface area (Å²) in [6, 6.07) is 7.09. The number of hydrogen-bond acceptors (Lipinski definition) is 1. The molecule has 0 saturated heterocycles. The molecule has 1 nitrogen and oxygen atoms in total. The van der Waals surface area contributed by atoms with Crippen LogP contribution in [0.25, 0.3) is 0 Å². The summed E-state index contributed by atoms with van der Waals surface area (Å²) in [4.78, 5) is 0.